The summed E-state index contributed by atoms with van der Waals surface area (Å²) in [6.07, 6.45) is 3.23. The number of imide groups is 1. The summed E-state index contributed by atoms with van der Waals surface area (Å²) in [5.74, 6) is -0.514. The van der Waals surface area contributed by atoms with Crippen LogP contribution >= 0.6 is 15.9 Å². The lowest BCUT2D eigenvalue weighted by atomic mass is 9.81. The smallest absolute Gasteiger partial charge is 0.335 e. The summed E-state index contributed by atoms with van der Waals surface area (Å²) < 4.78 is 6.47. The Labute approximate surface area is 183 Å². The maximum Gasteiger partial charge on any atom is 0.335 e. The fourth-order valence-corrected chi connectivity index (χ4v) is 5.81. The molecule has 5 atom stereocenters. The average Bonchev–Trinajstić information content (AvgIpc) is 3.43. The average molecular weight is 468 g/mol. The van der Waals surface area contributed by atoms with Crippen LogP contribution in [0.4, 0.5) is 0 Å². The molecule has 0 radical (unpaired) electrons. The molecule has 2 aliphatic carbocycles. The van der Waals surface area contributed by atoms with Gasteiger partial charge in [-0.1, -0.05) is 46.3 Å². The van der Waals surface area contributed by atoms with Crippen molar-refractivity contribution in [3.05, 3.63) is 64.6 Å². The van der Waals surface area contributed by atoms with Crippen molar-refractivity contribution in [2.24, 2.45) is 23.7 Å². The SMILES string of the molecule is O=C(Oc1ccc(Br)cc1)[C@H](Cc1ccccc1)N1C(=O)[C@H]2[C@@H]3CC[C@@H](C3)[C@@H]2C1=O. The minimum atomic E-state index is -0.957. The number of nitrogens with zero attached hydrogens (tertiary/aromatic N) is 1. The zero-order valence-electron chi connectivity index (χ0n) is 16.4. The van der Waals surface area contributed by atoms with Gasteiger partial charge in [-0.3, -0.25) is 14.5 Å². The predicted octanol–water partition coefficient (Wildman–Crippen LogP) is 4.00. The van der Waals surface area contributed by atoms with Gasteiger partial charge < -0.3 is 4.74 Å². The van der Waals surface area contributed by atoms with Crippen LogP contribution in [0.25, 0.3) is 0 Å². The Morgan fingerprint density at radius 2 is 1.57 bits per heavy atom. The Morgan fingerprint density at radius 3 is 2.17 bits per heavy atom. The fourth-order valence-electron chi connectivity index (χ4n) is 5.54. The van der Waals surface area contributed by atoms with E-state index >= 15 is 0 Å². The predicted molar refractivity (Wildman–Crippen MR) is 113 cm³/mol. The molecule has 2 saturated carbocycles. The monoisotopic (exact) mass is 467 g/mol. The molecule has 6 heteroatoms. The minimum absolute atomic E-state index is 0.189. The van der Waals surface area contributed by atoms with Crippen molar-refractivity contribution in [1.29, 1.82) is 0 Å². The highest BCUT2D eigenvalue weighted by molar-refractivity contribution is 9.10. The maximum absolute atomic E-state index is 13.3. The fraction of sp³-hybridized carbons (Fsp3) is 0.375. The normalized spacial score (nSPS) is 28.0. The van der Waals surface area contributed by atoms with E-state index in [1.807, 2.05) is 30.3 Å². The van der Waals surface area contributed by atoms with Crippen LogP contribution in [0.2, 0.25) is 0 Å². The first-order valence-electron chi connectivity index (χ1n) is 10.4. The molecule has 0 aromatic heterocycles. The van der Waals surface area contributed by atoms with E-state index in [9.17, 15) is 14.4 Å². The van der Waals surface area contributed by atoms with Gasteiger partial charge in [0, 0.05) is 10.9 Å². The molecule has 5 nitrogen and oxygen atoms in total. The van der Waals surface area contributed by atoms with Crippen molar-refractivity contribution >= 4 is 33.7 Å². The molecule has 2 bridgehead atoms. The summed E-state index contributed by atoms with van der Waals surface area (Å²) in [5, 5.41) is 0. The molecule has 0 N–H and O–H groups in total. The van der Waals surface area contributed by atoms with E-state index in [0.717, 1.165) is 29.3 Å². The number of carbonyl (C=O) groups is 3. The molecule has 154 valence electrons. The number of hydrogen-bond donors (Lipinski definition) is 0. The lowest BCUT2D eigenvalue weighted by Crippen LogP contribution is -2.49. The number of likely N-dealkylation sites (tertiary alicyclic amines) is 1. The lowest BCUT2D eigenvalue weighted by molar-refractivity contribution is -0.154. The molecule has 1 aliphatic heterocycles. The first-order valence-corrected chi connectivity index (χ1v) is 11.2. The van der Waals surface area contributed by atoms with Gasteiger partial charge in [0.25, 0.3) is 0 Å². The second kappa shape index (κ2) is 7.65. The highest BCUT2D eigenvalue weighted by atomic mass is 79.9. The van der Waals surface area contributed by atoms with Crippen LogP contribution < -0.4 is 4.74 Å². The number of fused-ring (bicyclic) bond motifs is 5. The van der Waals surface area contributed by atoms with Crippen molar-refractivity contribution in [3.8, 4) is 5.75 Å². The van der Waals surface area contributed by atoms with E-state index in [-0.39, 0.29) is 41.9 Å². The molecule has 3 aliphatic rings. The minimum Gasteiger partial charge on any atom is -0.425 e. The van der Waals surface area contributed by atoms with Crippen molar-refractivity contribution in [2.45, 2.75) is 31.7 Å². The first-order chi connectivity index (χ1) is 14.5. The summed E-state index contributed by atoms with van der Waals surface area (Å²) in [7, 11) is 0. The van der Waals surface area contributed by atoms with Crippen molar-refractivity contribution < 1.29 is 19.1 Å². The van der Waals surface area contributed by atoms with E-state index in [4.69, 9.17) is 4.74 Å². The summed E-state index contributed by atoms with van der Waals surface area (Å²) in [5.41, 5.74) is 0.885. The van der Waals surface area contributed by atoms with Crippen LogP contribution in [-0.4, -0.2) is 28.7 Å². The molecule has 0 spiro atoms. The summed E-state index contributed by atoms with van der Waals surface area (Å²) >= 11 is 3.36. The van der Waals surface area contributed by atoms with E-state index in [0.29, 0.717) is 5.75 Å². The maximum atomic E-state index is 13.3. The van der Waals surface area contributed by atoms with E-state index in [1.165, 1.54) is 4.90 Å². The number of rotatable bonds is 5. The number of carbonyl (C=O) groups excluding carboxylic acids is 3. The van der Waals surface area contributed by atoms with Gasteiger partial charge in [0.2, 0.25) is 11.8 Å². The molecule has 5 rings (SSSR count). The van der Waals surface area contributed by atoms with Crippen LogP contribution in [0.3, 0.4) is 0 Å². The Morgan fingerprint density at radius 1 is 0.967 bits per heavy atom. The number of hydrogen-bond acceptors (Lipinski definition) is 4. The van der Waals surface area contributed by atoms with Gasteiger partial charge in [0.15, 0.2) is 0 Å². The molecule has 1 heterocycles. The zero-order valence-corrected chi connectivity index (χ0v) is 18.0. The zero-order chi connectivity index (χ0) is 20.8. The summed E-state index contributed by atoms with van der Waals surface area (Å²) in [6, 6.07) is 15.4. The topological polar surface area (TPSA) is 63.7 Å². The Bertz CT molecular complexity index is 962. The van der Waals surface area contributed by atoms with E-state index < -0.39 is 12.0 Å². The molecule has 1 saturated heterocycles. The third-order valence-corrected chi connectivity index (χ3v) is 7.38. The Balaban J connectivity index is 1.45. The van der Waals surface area contributed by atoms with Crippen LogP contribution in [0.15, 0.2) is 59.1 Å². The van der Waals surface area contributed by atoms with Crippen LogP contribution in [0.5, 0.6) is 5.75 Å². The molecule has 3 fully saturated rings. The number of benzene rings is 2. The standard InChI is InChI=1S/C24H22BrNO4/c25-17-8-10-18(11-9-17)30-24(29)19(12-14-4-2-1-3-5-14)26-22(27)20-15-6-7-16(13-15)21(20)23(26)28/h1-5,8-11,15-16,19-21H,6-7,12-13H2/t15-,16+,19-,20-,21-/m0/s1. The Hall–Kier alpha value is -2.47. The highest BCUT2D eigenvalue weighted by Crippen LogP contribution is 2.56. The van der Waals surface area contributed by atoms with Gasteiger partial charge in [-0.25, -0.2) is 4.79 Å². The van der Waals surface area contributed by atoms with Gasteiger partial charge in [-0.05, 0) is 60.9 Å². The summed E-state index contributed by atoms with van der Waals surface area (Å²) in [4.78, 5) is 41.1. The number of esters is 1. The van der Waals surface area contributed by atoms with Crippen molar-refractivity contribution in [3.63, 3.8) is 0 Å². The van der Waals surface area contributed by atoms with Gasteiger partial charge >= 0.3 is 5.97 Å². The molecule has 2 aromatic carbocycles. The van der Waals surface area contributed by atoms with Gasteiger partial charge in [0.1, 0.15) is 11.8 Å². The number of ether oxygens (including phenoxy) is 1. The number of amides is 2. The molecule has 0 unspecified atom stereocenters. The van der Waals surface area contributed by atoms with Crippen molar-refractivity contribution in [1.82, 2.24) is 4.90 Å². The summed E-state index contributed by atoms with van der Waals surface area (Å²) in [6.45, 7) is 0. The highest BCUT2D eigenvalue weighted by Gasteiger charge is 2.62. The van der Waals surface area contributed by atoms with Gasteiger partial charge in [0.05, 0.1) is 11.8 Å². The molecule has 2 amide bonds. The third-order valence-electron chi connectivity index (χ3n) is 6.85. The van der Waals surface area contributed by atoms with Crippen LogP contribution in [0, 0.1) is 23.7 Å². The number of halogens is 1. The van der Waals surface area contributed by atoms with Gasteiger partial charge in [-0.15, -0.1) is 0 Å². The third kappa shape index (κ3) is 3.27. The Kier molecular flexibility index (Phi) is 4.97. The molecule has 30 heavy (non-hydrogen) atoms. The first kappa shape index (κ1) is 19.5. The lowest BCUT2D eigenvalue weighted by Gasteiger charge is -2.26. The van der Waals surface area contributed by atoms with Crippen LogP contribution in [-0.2, 0) is 20.8 Å². The van der Waals surface area contributed by atoms with Crippen molar-refractivity contribution in [2.75, 3.05) is 0 Å². The second-order valence-electron chi connectivity index (χ2n) is 8.51. The quantitative estimate of drug-likeness (QED) is 0.378. The molecular formula is C24H22BrNO4. The van der Waals surface area contributed by atoms with Crippen LogP contribution in [0.1, 0.15) is 24.8 Å². The van der Waals surface area contributed by atoms with E-state index in [1.54, 1.807) is 24.3 Å². The molecular weight excluding hydrogens is 446 g/mol. The van der Waals surface area contributed by atoms with Gasteiger partial charge in [-0.2, -0.15) is 0 Å². The molecule has 2 aromatic rings. The second-order valence-corrected chi connectivity index (χ2v) is 9.43. The largest absolute Gasteiger partial charge is 0.425 e. The van der Waals surface area contributed by atoms with E-state index in [2.05, 4.69) is 15.9 Å².